The Labute approximate surface area is 123 Å². The van der Waals surface area contributed by atoms with E-state index in [1.807, 2.05) is 0 Å². The standard InChI is InChI=1S/C14H15NO5S/c1-19-12-5-7-13(8-6-12)21(17,18)10-11-4-3-9-15(16)14(11)20-2/h3-9H,10H2,1-2H3. The normalized spacial score (nSPS) is 11.1. The van der Waals surface area contributed by atoms with Crippen LogP contribution in [0.15, 0.2) is 47.5 Å². The third-order valence-corrected chi connectivity index (χ3v) is 4.63. The van der Waals surface area contributed by atoms with E-state index in [2.05, 4.69) is 0 Å². The molecular weight excluding hydrogens is 294 g/mol. The number of pyridine rings is 1. The molecule has 6 nitrogen and oxygen atoms in total. The van der Waals surface area contributed by atoms with Crippen LogP contribution in [0.3, 0.4) is 0 Å². The van der Waals surface area contributed by atoms with Crippen LogP contribution in [-0.4, -0.2) is 22.6 Å². The SMILES string of the molecule is COc1ccc(S(=O)(=O)Cc2ccc[n+]([O-])c2OC)cc1. The van der Waals surface area contributed by atoms with E-state index in [0.717, 1.165) is 0 Å². The maximum absolute atomic E-state index is 12.4. The van der Waals surface area contributed by atoms with Gasteiger partial charge in [0.1, 0.15) is 5.75 Å². The van der Waals surface area contributed by atoms with Crippen LogP contribution >= 0.6 is 0 Å². The minimum Gasteiger partial charge on any atom is -0.616 e. The molecule has 2 rings (SSSR count). The van der Waals surface area contributed by atoms with Crippen LogP contribution < -0.4 is 14.2 Å². The number of sulfone groups is 1. The van der Waals surface area contributed by atoms with E-state index in [1.165, 1.54) is 38.6 Å². The van der Waals surface area contributed by atoms with Crippen molar-refractivity contribution in [3.05, 3.63) is 53.4 Å². The lowest BCUT2D eigenvalue weighted by Gasteiger charge is -2.09. The number of ether oxygens (including phenoxy) is 2. The highest BCUT2D eigenvalue weighted by Gasteiger charge is 2.22. The fourth-order valence-electron chi connectivity index (χ4n) is 1.92. The van der Waals surface area contributed by atoms with Gasteiger partial charge in [-0.25, -0.2) is 8.42 Å². The molecule has 112 valence electrons. The van der Waals surface area contributed by atoms with Gasteiger partial charge in [-0.05, 0) is 30.3 Å². The zero-order valence-corrected chi connectivity index (χ0v) is 12.5. The van der Waals surface area contributed by atoms with Crippen LogP contribution in [0.2, 0.25) is 0 Å². The van der Waals surface area contributed by atoms with E-state index in [1.54, 1.807) is 18.2 Å². The maximum atomic E-state index is 12.4. The molecule has 0 spiro atoms. The molecule has 0 unspecified atom stereocenters. The minimum absolute atomic E-state index is 0.0189. The maximum Gasteiger partial charge on any atom is 0.383 e. The highest BCUT2D eigenvalue weighted by atomic mass is 32.2. The Kier molecular flexibility index (Phi) is 4.32. The van der Waals surface area contributed by atoms with Crippen molar-refractivity contribution in [2.75, 3.05) is 14.2 Å². The summed E-state index contributed by atoms with van der Waals surface area (Å²) in [6.07, 6.45) is 1.25. The topological polar surface area (TPSA) is 79.5 Å². The minimum atomic E-state index is -3.58. The van der Waals surface area contributed by atoms with Gasteiger partial charge in [0, 0.05) is 6.07 Å². The van der Waals surface area contributed by atoms with Crippen molar-refractivity contribution < 1.29 is 22.6 Å². The fraction of sp³-hybridized carbons (Fsp3) is 0.214. The van der Waals surface area contributed by atoms with Crippen LogP contribution in [0.4, 0.5) is 0 Å². The van der Waals surface area contributed by atoms with E-state index >= 15 is 0 Å². The number of hydrogen-bond donors (Lipinski definition) is 0. The van der Waals surface area contributed by atoms with Gasteiger partial charge in [0.2, 0.25) is 0 Å². The third kappa shape index (κ3) is 3.25. The van der Waals surface area contributed by atoms with Gasteiger partial charge in [-0.2, -0.15) is 0 Å². The second-order valence-corrected chi connectivity index (χ2v) is 6.29. The number of aromatic nitrogens is 1. The molecule has 1 aromatic heterocycles. The Morgan fingerprint density at radius 3 is 2.33 bits per heavy atom. The lowest BCUT2D eigenvalue weighted by atomic mass is 10.3. The van der Waals surface area contributed by atoms with E-state index in [9.17, 15) is 13.6 Å². The van der Waals surface area contributed by atoms with Gasteiger partial charge >= 0.3 is 5.88 Å². The number of methoxy groups -OCH3 is 2. The van der Waals surface area contributed by atoms with Crippen LogP contribution in [0.1, 0.15) is 5.56 Å². The van der Waals surface area contributed by atoms with Crippen LogP contribution in [0.5, 0.6) is 11.6 Å². The number of nitrogens with zero attached hydrogens (tertiary/aromatic N) is 1. The summed E-state index contributed by atoms with van der Waals surface area (Å²) in [6, 6.07) is 9.11. The second kappa shape index (κ2) is 6.01. The molecule has 7 heteroatoms. The summed E-state index contributed by atoms with van der Waals surface area (Å²) in [5.41, 5.74) is 0.311. The molecule has 0 N–H and O–H groups in total. The summed E-state index contributed by atoms with van der Waals surface area (Å²) in [4.78, 5) is 0.159. The number of hydrogen-bond acceptors (Lipinski definition) is 5. The molecule has 0 aliphatic carbocycles. The molecule has 0 amide bonds. The summed E-state index contributed by atoms with van der Waals surface area (Å²) in [5, 5.41) is 11.6. The Bertz CT molecular complexity index is 726. The van der Waals surface area contributed by atoms with Gasteiger partial charge in [-0.1, -0.05) is 0 Å². The van der Waals surface area contributed by atoms with Crippen molar-refractivity contribution >= 4 is 9.84 Å². The van der Waals surface area contributed by atoms with Crippen LogP contribution in [0, 0.1) is 5.21 Å². The number of benzene rings is 1. The van der Waals surface area contributed by atoms with Crippen molar-refractivity contribution in [3.8, 4) is 11.6 Å². The van der Waals surface area contributed by atoms with Crippen molar-refractivity contribution in [2.45, 2.75) is 10.6 Å². The molecular formula is C14H15NO5S. The molecule has 0 radical (unpaired) electrons. The third-order valence-electron chi connectivity index (χ3n) is 2.95. The predicted octanol–water partition coefficient (Wildman–Crippen LogP) is 1.31. The van der Waals surface area contributed by atoms with E-state index in [0.29, 0.717) is 16.0 Å². The Hall–Kier alpha value is -2.28. The zero-order valence-electron chi connectivity index (χ0n) is 11.6. The smallest absolute Gasteiger partial charge is 0.383 e. The quantitative estimate of drug-likeness (QED) is 0.614. The first-order valence-corrected chi connectivity index (χ1v) is 7.75. The molecule has 0 fully saturated rings. The molecule has 0 saturated heterocycles. The van der Waals surface area contributed by atoms with Crippen molar-refractivity contribution in [2.24, 2.45) is 0 Å². The van der Waals surface area contributed by atoms with Gasteiger partial charge in [-0.15, -0.1) is 4.73 Å². The van der Waals surface area contributed by atoms with E-state index in [-0.39, 0.29) is 16.5 Å². The molecule has 1 aromatic carbocycles. The van der Waals surface area contributed by atoms with Gasteiger partial charge in [0.05, 0.1) is 30.4 Å². The average Bonchev–Trinajstić information content (AvgIpc) is 2.47. The first-order valence-electron chi connectivity index (χ1n) is 6.10. The highest BCUT2D eigenvalue weighted by Crippen LogP contribution is 2.22. The molecule has 0 saturated carbocycles. The molecule has 0 bridgehead atoms. The second-order valence-electron chi connectivity index (χ2n) is 4.30. The van der Waals surface area contributed by atoms with E-state index < -0.39 is 9.84 Å². The summed E-state index contributed by atoms with van der Waals surface area (Å²) in [6.45, 7) is 0. The molecule has 0 aliphatic heterocycles. The predicted molar refractivity (Wildman–Crippen MR) is 75.8 cm³/mol. The fourth-order valence-corrected chi connectivity index (χ4v) is 3.27. The first-order chi connectivity index (χ1) is 9.97. The Morgan fingerprint density at radius 2 is 1.76 bits per heavy atom. The average molecular weight is 309 g/mol. The summed E-state index contributed by atoms with van der Waals surface area (Å²) in [7, 11) is -0.744. The molecule has 1 heterocycles. The Morgan fingerprint density at radius 1 is 1.10 bits per heavy atom. The monoisotopic (exact) mass is 309 g/mol. The molecule has 2 aromatic rings. The van der Waals surface area contributed by atoms with Gasteiger partial charge < -0.3 is 14.7 Å². The lowest BCUT2D eigenvalue weighted by molar-refractivity contribution is -0.612. The van der Waals surface area contributed by atoms with Gasteiger partial charge in [-0.3, -0.25) is 0 Å². The summed E-state index contributed by atoms with van der Waals surface area (Å²) < 4.78 is 35.2. The first kappa shape index (κ1) is 15.1. The van der Waals surface area contributed by atoms with Gasteiger partial charge in [0.15, 0.2) is 16.0 Å². The van der Waals surface area contributed by atoms with Crippen molar-refractivity contribution in [1.29, 1.82) is 0 Å². The van der Waals surface area contributed by atoms with Gasteiger partial charge in [0.25, 0.3) is 0 Å². The summed E-state index contributed by atoms with van der Waals surface area (Å²) in [5.74, 6) is 0.240. The van der Waals surface area contributed by atoms with Crippen molar-refractivity contribution in [1.82, 2.24) is 0 Å². The van der Waals surface area contributed by atoms with Crippen molar-refractivity contribution in [3.63, 3.8) is 0 Å². The van der Waals surface area contributed by atoms with Crippen LogP contribution in [0.25, 0.3) is 0 Å². The summed E-state index contributed by atoms with van der Waals surface area (Å²) >= 11 is 0. The highest BCUT2D eigenvalue weighted by molar-refractivity contribution is 7.90. The van der Waals surface area contributed by atoms with Crippen LogP contribution in [-0.2, 0) is 15.6 Å². The largest absolute Gasteiger partial charge is 0.616 e. The molecule has 21 heavy (non-hydrogen) atoms. The molecule has 0 atom stereocenters. The Balaban J connectivity index is 2.35. The zero-order chi connectivity index (χ0) is 15.5. The number of rotatable bonds is 5. The lowest BCUT2D eigenvalue weighted by Crippen LogP contribution is -2.29. The van der Waals surface area contributed by atoms with E-state index in [4.69, 9.17) is 9.47 Å². The molecule has 0 aliphatic rings.